The van der Waals surface area contributed by atoms with Crippen LogP contribution in [0.15, 0.2) is 24.3 Å². The highest BCUT2D eigenvalue weighted by atomic mass is 35.5. The van der Waals surface area contributed by atoms with E-state index in [1.165, 1.54) is 6.42 Å². The van der Waals surface area contributed by atoms with Crippen molar-refractivity contribution in [2.24, 2.45) is 11.1 Å². The summed E-state index contributed by atoms with van der Waals surface area (Å²) in [6.07, 6.45) is 9.37. The number of hydrogen-bond donors (Lipinski definition) is 1. The highest BCUT2D eigenvalue weighted by Crippen LogP contribution is 2.38. The summed E-state index contributed by atoms with van der Waals surface area (Å²) in [5.41, 5.74) is 7.07. The van der Waals surface area contributed by atoms with Crippen LogP contribution < -0.4 is 5.73 Å². The number of tetrazole rings is 1. The molecular formula is C20H27Cl2N5. The average molecular weight is 408 g/mol. The standard InChI is InChI=1S/C20H27Cl2N5/c1-19(2,3)17(10-8-14-7-9-15(21)13-16(14)22)27-18(24-25-26-27)20(23)11-5-4-6-12-20/h7-10,13,17H,4-6,11-12,23H2,1-3H3/b10-8+/t17-/m0/s1. The lowest BCUT2D eigenvalue weighted by molar-refractivity contribution is 0.226. The molecule has 2 N–H and O–H groups in total. The second kappa shape index (κ2) is 7.90. The Balaban J connectivity index is 1.97. The van der Waals surface area contributed by atoms with E-state index in [1.807, 2.05) is 22.9 Å². The molecule has 1 heterocycles. The molecule has 0 unspecified atom stereocenters. The summed E-state index contributed by atoms with van der Waals surface area (Å²) in [5.74, 6) is 0.772. The Morgan fingerprint density at radius 2 is 1.89 bits per heavy atom. The van der Waals surface area contributed by atoms with Crippen molar-refractivity contribution in [3.8, 4) is 0 Å². The largest absolute Gasteiger partial charge is 0.319 e. The first-order valence-electron chi connectivity index (χ1n) is 9.41. The minimum absolute atomic E-state index is 0.0587. The first-order chi connectivity index (χ1) is 12.7. The van der Waals surface area contributed by atoms with Crippen LogP contribution >= 0.6 is 23.2 Å². The van der Waals surface area contributed by atoms with Crippen molar-refractivity contribution in [1.29, 1.82) is 0 Å². The summed E-state index contributed by atoms with van der Waals surface area (Å²) < 4.78 is 1.89. The molecule has 0 radical (unpaired) electrons. The number of benzene rings is 1. The smallest absolute Gasteiger partial charge is 0.171 e. The van der Waals surface area contributed by atoms with E-state index in [9.17, 15) is 0 Å². The van der Waals surface area contributed by atoms with E-state index in [4.69, 9.17) is 28.9 Å². The normalized spacial score (nSPS) is 18.7. The lowest BCUT2D eigenvalue weighted by atomic mass is 9.80. The molecule has 1 aliphatic carbocycles. The van der Waals surface area contributed by atoms with Crippen molar-refractivity contribution in [3.63, 3.8) is 0 Å². The number of hydrogen-bond acceptors (Lipinski definition) is 4. The van der Waals surface area contributed by atoms with Crippen molar-refractivity contribution >= 4 is 29.3 Å². The van der Waals surface area contributed by atoms with Crippen LogP contribution in [-0.2, 0) is 5.54 Å². The van der Waals surface area contributed by atoms with Gasteiger partial charge in [0.2, 0.25) is 0 Å². The van der Waals surface area contributed by atoms with E-state index in [0.717, 1.165) is 37.1 Å². The molecular weight excluding hydrogens is 381 g/mol. The van der Waals surface area contributed by atoms with Gasteiger partial charge in [-0.05, 0) is 46.4 Å². The van der Waals surface area contributed by atoms with Crippen molar-refractivity contribution in [2.45, 2.75) is 64.5 Å². The maximum absolute atomic E-state index is 6.73. The van der Waals surface area contributed by atoms with E-state index in [1.54, 1.807) is 6.07 Å². The van der Waals surface area contributed by atoms with Gasteiger partial charge >= 0.3 is 0 Å². The number of nitrogens with zero attached hydrogens (tertiary/aromatic N) is 4. The predicted molar refractivity (Wildman–Crippen MR) is 111 cm³/mol. The van der Waals surface area contributed by atoms with Crippen molar-refractivity contribution in [1.82, 2.24) is 20.2 Å². The zero-order chi connectivity index (χ0) is 19.7. The molecule has 7 heteroatoms. The van der Waals surface area contributed by atoms with E-state index >= 15 is 0 Å². The fourth-order valence-electron chi connectivity index (χ4n) is 3.68. The zero-order valence-electron chi connectivity index (χ0n) is 16.1. The highest BCUT2D eigenvalue weighted by molar-refractivity contribution is 6.35. The third-order valence-electron chi connectivity index (χ3n) is 5.26. The van der Waals surface area contributed by atoms with Crippen LogP contribution in [0.5, 0.6) is 0 Å². The van der Waals surface area contributed by atoms with Crippen LogP contribution in [0.2, 0.25) is 10.0 Å². The molecule has 1 atom stereocenters. The molecule has 27 heavy (non-hydrogen) atoms. The summed E-state index contributed by atoms with van der Waals surface area (Å²) in [4.78, 5) is 0. The lowest BCUT2D eigenvalue weighted by Crippen LogP contribution is -2.43. The van der Waals surface area contributed by atoms with Gasteiger partial charge < -0.3 is 5.73 Å². The second-order valence-electron chi connectivity index (χ2n) is 8.50. The van der Waals surface area contributed by atoms with Gasteiger partial charge in [0, 0.05) is 10.0 Å². The Bertz CT molecular complexity index is 816. The molecule has 1 fully saturated rings. The maximum atomic E-state index is 6.73. The van der Waals surface area contributed by atoms with Gasteiger partial charge in [-0.2, -0.15) is 0 Å². The summed E-state index contributed by atoms with van der Waals surface area (Å²) in [5, 5.41) is 13.9. The van der Waals surface area contributed by atoms with Crippen LogP contribution in [0.3, 0.4) is 0 Å². The lowest BCUT2D eigenvalue weighted by Gasteiger charge is -2.35. The number of halogens is 2. The quantitative estimate of drug-likeness (QED) is 0.736. The van der Waals surface area contributed by atoms with Gasteiger partial charge in [0.05, 0.1) is 11.6 Å². The maximum Gasteiger partial charge on any atom is 0.171 e. The molecule has 1 aliphatic rings. The topological polar surface area (TPSA) is 69.6 Å². The minimum atomic E-state index is -0.461. The van der Waals surface area contributed by atoms with Gasteiger partial charge in [-0.3, -0.25) is 0 Å². The van der Waals surface area contributed by atoms with Gasteiger partial charge in [0.25, 0.3) is 0 Å². The Morgan fingerprint density at radius 1 is 1.19 bits per heavy atom. The van der Waals surface area contributed by atoms with Crippen molar-refractivity contribution in [2.75, 3.05) is 0 Å². The molecule has 0 aliphatic heterocycles. The molecule has 0 spiro atoms. The van der Waals surface area contributed by atoms with Crippen LogP contribution in [0, 0.1) is 5.41 Å². The zero-order valence-corrected chi connectivity index (χ0v) is 17.6. The van der Waals surface area contributed by atoms with Crippen molar-refractivity contribution in [3.05, 3.63) is 45.7 Å². The third-order valence-corrected chi connectivity index (χ3v) is 5.82. The minimum Gasteiger partial charge on any atom is -0.319 e. The first kappa shape index (κ1) is 20.3. The van der Waals surface area contributed by atoms with Crippen LogP contribution in [0.4, 0.5) is 0 Å². The second-order valence-corrected chi connectivity index (χ2v) is 9.34. The van der Waals surface area contributed by atoms with Crippen molar-refractivity contribution < 1.29 is 0 Å². The van der Waals surface area contributed by atoms with E-state index in [0.29, 0.717) is 10.0 Å². The monoisotopic (exact) mass is 407 g/mol. The van der Waals surface area contributed by atoms with Crippen LogP contribution in [0.25, 0.3) is 6.08 Å². The molecule has 5 nitrogen and oxygen atoms in total. The Kier molecular flexibility index (Phi) is 5.94. The number of nitrogens with two attached hydrogens (primary N) is 1. The number of rotatable bonds is 4. The summed E-state index contributed by atoms with van der Waals surface area (Å²) in [6.45, 7) is 6.50. The van der Waals surface area contributed by atoms with Gasteiger partial charge in [0.15, 0.2) is 5.82 Å². The first-order valence-corrected chi connectivity index (χ1v) is 10.2. The Hall–Kier alpha value is -1.43. The molecule has 0 amide bonds. The van der Waals surface area contributed by atoms with Crippen LogP contribution in [-0.4, -0.2) is 20.2 Å². The Labute approximate surface area is 170 Å². The summed E-state index contributed by atoms with van der Waals surface area (Å²) >= 11 is 12.3. The van der Waals surface area contributed by atoms with E-state index in [-0.39, 0.29) is 11.5 Å². The highest BCUT2D eigenvalue weighted by Gasteiger charge is 2.38. The fraction of sp³-hybridized carbons (Fsp3) is 0.550. The van der Waals surface area contributed by atoms with Gasteiger partial charge in [-0.25, -0.2) is 4.68 Å². The molecule has 1 aromatic carbocycles. The summed E-state index contributed by atoms with van der Waals surface area (Å²) in [7, 11) is 0. The molecule has 0 saturated heterocycles. The predicted octanol–water partition coefficient (Wildman–Crippen LogP) is 5.40. The van der Waals surface area contributed by atoms with Gasteiger partial charge in [-0.1, -0.05) is 81.5 Å². The third kappa shape index (κ3) is 4.53. The van der Waals surface area contributed by atoms with Gasteiger partial charge in [-0.15, -0.1) is 5.10 Å². The molecule has 146 valence electrons. The average Bonchev–Trinajstić information content (AvgIpc) is 3.06. The molecule has 1 aromatic heterocycles. The molecule has 3 rings (SSSR count). The van der Waals surface area contributed by atoms with Gasteiger partial charge in [0.1, 0.15) is 0 Å². The van der Waals surface area contributed by atoms with Crippen LogP contribution in [0.1, 0.15) is 70.3 Å². The number of allylic oxidation sites excluding steroid dienone is 1. The molecule has 0 bridgehead atoms. The van der Waals surface area contributed by atoms with E-state index in [2.05, 4.69) is 42.4 Å². The summed E-state index contributed by atoms with van der Waals surface area (Å²) in [6, 6.07) is 5.43. The molecule has 1 saturated carbocycles. The fourth-order valence-corrected chi connectivity index (χ4v) is 4.16. The molecule has 2 aromatic rings. The Morgan fingerprint density at radius 3 is 2.52 bits per heavy atom. The van der Waals surface area contributed by atoms with E-state index < -0.39 is 5.54 Å². The SMILES string of the molecule is CC(C)(C)[C@H](/C=C/c1ccc(Cl)cc1Cl)n1nnnc1C1(N)CCCCC1. The number of aromatic nitrogens is 4.